The number of nitrogens with zero attached hydrogens (tertiary/aromatic N) is 4. The van der Waals surface area contributed by atoms with Crippen LogP contribution in [0.3, 0.4) is 0 Å². The summed E-state index contributed by atoms with van der Waals surface area (Å²) in [5.41, 5.74) is 5.39. The Morgan fingerprint density at radius 2 is 1.91 bits per heavy atom. The number of rotatable bonds is 11. The van der Waals surface area contributed by atoms with Gasteiger partial charge in [-0.1, -0.05) is 57.8 Å². The van der Waals surface area contributed by atoms with Gasteiger partial charge in [0, 0.05) is 31.2 Å². The van der Waals surface area contributed by atoms with Gasteiger partial charge in [-0.3, -0.25) is 9.98 Å². The Balaban J connectivity index is 2.18. The van der Waals surface area contributed by atoms with Crippen molar-refractivity contribution in [2.24, 2.45) is 4.99 Å². The van der Waals surface area contributed by atoms with E-state index in [-0.39, 0.29) is 5.41 Å². The molecule has 1 heterocycles. The fourth-order valence-corrected chi connectivity index (χ4v) is 6.10. The number of aliphatic imine (C=N–C) groups is 1. The number of nitrogens with one attached hydrogen (secondary N) is 1. The fraction of sp³-hybridized carbons (Fsp3) is 0.462. The zero-order valence-corrected chi connectivity index (χ0v) is 23.2. The molecule has 0 radical (unpaired) electrons. The number of anilines is 1. The summed E-state index contributed by atoms with van der Waals surface area (Å²) in [6, 6.07) is 11.1. The number of aromatic nitrogens is 1. The molecule has 0 amide bonds. The first-order chi connectivity index (χ1) is 15.5. The molecule has 0 fully saturated rings. The van der Waals surface area contributed by atoms with Gasteiger partial charge >= 0.3 is 0 Å². The van der Waals surface area contributed by atoms with Gasteiger partial charge in [0.2, 0.25) is 0 Å². The number of hydrogen-bond donors (Lipinski definition) is 1. The van der Waals surface area contributed by atoms with Crippen molar-refractivity contribution < 1.29 is 0 Å². The molecule has 1 atom stereocenters. The predicted molar refractivity (Wildman–Crippen MR) is 150 cm³/mol. The van der Waals surface area contributed by atoms with Crippen molar-refractivity contribution in [3.05, 3.63) is 59.9 Å². The van der Waals surface area contributed by atoms with Gasteiger partial charge in [0.1, 0.15) is 5.69 Å². The third-order valence-electron chi connectivity index (χ3n) is 5.40. The Hall–Kier alpha value is -1.88. The Labute approximate surface area is 206 Å². The number of likely N-dealkylation sites (N-methyl/N-ethyl adjacent to an activating group) is 1. The molecular formula is C26H40N5PS. The number of hydrogen-bond acceptors (Lipinski definition) is 5. The summed E-state index contributed by atoms with van der Waals surface area (Å²) in [7, 11) is 3.36. The van der Waals surface area contributed by atoms with Crippen LogP contribution < -0.4 is 5.09 Å². The third kappa shape index (κ3) is 8.44. The number of aryl methyl sites for hydroxylation is 1. The summed E-state index contributed by atoms with van der Waals surface area (Å²) in [6.07, 6.45) is 3.75. The van der Waals surface area contributed by atoms with Gasteiger partial charge in [-0.25, -0.2) is 0 Å². The van der Waals surface area contributed by atoms with Crippen LogP contribution in [0.25, 0.3) is 5.70 Å². The van der Waals surface area contributed by atoms with Crippen molar-refractivity contribution in [3.63, 3.8) is 0 Å². The van der Waals surface area contributed by atoms with E-state index in [0.717, 1.165) is 42.3 Å². The van der Waals surface area contributed by atoms with Crippen molar-refractivity contribution >= 4 is 36.4 Å². The topological polar surface area (TPSA) is 43.8 Å². The minimum atomic E-state index is -0.547. The van der Waals surface area contributed by atoms with Crippen LogP contribution in [0, 0.1) is 6.92 Å². The molecule has 0 saturated heterocycles. The monoisotopic (exact) mass is 485 g/mol. The Morgan fingerprint density at radius 1 is 1.24 bits per heavy atom. The van der Waals surface area contributed by atoms with E-state index < -0.39 is 7.27 Å². The van der Waals surface area contributed by atoms with Crippen LogP contribution in [-0.2, 0) is 5.41 Å². The van der Waals surface area contributed by atoms with Crippen molar-refractivity contribution in [1.82, 2.24) is 14.8 Å². The van der Waals surface area contributed by atoms with E-state index in [4.69, 9.17) is 4.98 Å². The molecule has 0 spiro atoms. The molecule has 1 unspecified atom stereocenters. The lowest BCUT2D eigenvalue weighted by molar-refractivity contribution is 0.333. The second-order valence-corrected chi connectivity index (χ2v) is 13.4. The maximum atomic E-state index is 4.75. The van der Waals surface area contributed by atoms with Crippen molar-refractivity contribution in [2.75, 3.05) is 45.5 Å². The van der Waals surface area contributed by atoms with E-state index in [0.29, 0.717) is 0 Å². The van der Waals surface area contributed by atoms with Crippen LogP contribution in [-0.4, -0.2) is 61.5 Å². The molecule has 180 valence electrons. The number of benzene rings is 1. The van der Waals surface area contributed by atoms with Crippen LogP contribution in [0.15, 0.2) is 53.0 Å². The molecule has 0 aliphatic carbocycles. The standard InChI is InChI=1S/C26H40N5PS/c1-10-30(8)15-16-31(19-27-7)21(3)25-24(17-20(2)18-28-25)29-32(9)33-23-13-11-22(12-14-23)26(4,5)6/h11-14,17-19,29H,3,10,15-16H2,1-2,4-9H3. The molecule has 0 bridgehead atoms. The lowest BCUT2D eigenvalue weighted by Gasteiger charge is -2.26. The molecular weight excluding hydrogens is 445 g/mol. The highest BCUT2D eigenvalue weighted by atomic mass is 32.7. The highest BCUT2D eigenvalue weighted by molar-refractivity contribution is 8.56. The summed E-state index contributed by atoms with van der Waals surface area (Å²) >= 11 is 1.87. The molecule has 2 aromatic rings. The highest BCUT2D eigenvalue weighted by Gasteiger charge is 2.17. The van der Waals surface area contributed by atoms with Crippen LogP contribution in [0.2, 0.25) is 0 Å². The molecule has 2 rings (SSSR count). The maximum absolute atomic E-state index is 4.75. The maximum Gasteiger partial charge on any atom is 0.109 e. The van der Waals surface area contributed by atoms with Crippen LogP contribution in [0.5, 0.6) is 0 Å². The third-order valence-corrected chi connectivity index (χ3v) is 8.44. The van der Waals surface area contributed by atoms with Gasteiger partial charge in [-0.05, 0) is 61.9 Å². The van der Waals surface area contributed by atoms with E-state index in [2.05, 4.69) is 105 Å². The normalized spacial score (nSPS) is 12.9. The Kier molecular flexibility index (Phi) is 10.4. The van der Waals surface area contributed by atoms with Gasteiger partial charge in [0.15, 0.2) is 0 Å². The Bertz CT molecular complexity index is 937. The molecule has 1 aromatic carbocycles. The minimum Gasteiger partial charge on any atom is -0.354 e. The van der Waals surface area contributed by atoms with Gasteiger partial charge in [-0.15, -0.1) is 0 Å². The van der Waals surface area contributed by atoms with Crippen LogP contribution in [0.4, 0.5) is 5.69 Å². The Morgan fingerprint density at radius 3 is 2.48 bits per heavy atom. The molecule has 5 nitrogen and oxygen atoms in total. The smallest absolute Gasteiger partial charge is 0.109 e. The van der Waals surface area contributed by atoms with Gasteiger partial charge in [0.05, 0.1) is 25.0 Å². The fourth-order valence-electron chi connectivity index (χ4n) is 3.23. The SMILES string of the molecule is C=C(c1ncc(C)cc1NP(C)Sc1ccc(C(C)(C)C)cc1)N(C=NC)CCN(C)CC. The minimum absolute atomic E-state index is 0.167. The summed E-state index contributed by atoms with van der Waals surface area (Å²) in [4.78, 5) is 14.6. The predicted octanol–water partition coefficient (Wildman–Crippen LogP) is 6.72. The molecule has 33 heavy (non-hydrogen) atoms. The van der Waals surface area contributed by atoms with Gasteiger partial charge in [0.25, 0.3) is 0 Å². The van der Waals surface area contributed by atoms with E-state index in [9.17, 15) is 0 Å². The van der Waals surface area contributed by atoms with E-state index in [1.165, 1.54) is 10.5 Å². The molecule has 1 aromatic heterocycles. The van der Waals surface area contributed by atoms with Crippen molar-refractivity contribution in [2.45, 2.75) is 44.9 Å². The average Bonchev–Trinajstić information content (AvgIpc) is 2.75. The largest absolute Gasteiger partial charge is 0.354 e. The lowest BCUT2D eigenvalue weighted by Crippen LogP contribution is -2.31. The second-order valence-electron chi connectivity index (χ2n) is 9.29. The molecule has 0 aliphatic rings. The van der Waals surface area contributed by atoms with E-state index in [1.54, 1.807) is 7.05 Å². The highest BCUT2D eigenvalue weighted by Crippen LogP contribution is 2.51. The zero-order chi connectivity index (χ0) is 24.6. The summed E-state index contributed by atoms with van der Waals surface area (Å²) in [6.45, 7) is 20.3. The number of pyridine rings is 1. The van der Waals surface area contributed by atoms with E-state index in [1.807, 2.05) is 23.9 Å². The van der Waals surface area contributed by atoms with E-state index >= 15 is 0 Å². The first-order valence-corrected chi connectivity index (χ1v) is 14.6. The van der Waals surface area contributed by atoms with Gasteiger partial charge < -0.3 is 14.9 Å². The van der Waals surface area contributed by atoms with Crippen molar-refractivity contribution in [1.29, 1.82) is 0 Å². The summed E-state index contributed by atoms with van der Waals surface area (Å²) in [5.74, 6) is 0. The molecule has 1 N–H and O–H groups in total. The molecule has 0 aliphatic heterocycles. The molecule has 7 heteroatoms. The van der Waals surface area contributed by atoms with Crippen molar-refractivity contribution in [3.8, 4) is 0 Å². The van der Waals surface area contributed by atoms with Crippen LogP contribution >= 0.6 is 18.7 Å². The van der Waals surface area contributed by atoms with Gasteiger partial charge in [-0.2, -0.15) is 0 Å². The first kappa shape index (κ1) is 27.4. The molecule has 0 saturated carbocycles. The lowest BCUT2D eigenvalue weighted by atomic mass is 9.87. The average molecular weight is 486 g/mol. The van der Waals surface area contributed by atoms with Crippen LogP contribution in [0.1, 0.15) is 44.5 Å². The quantitative estimate of drug-likeness (QED) is 0.218. The first-order valence-electron chi connectivity index (χ1n) is 11.4. The summed E-state index contributed by atoms with van der Waals surface area (Å²) < 4.78 is 0. The second kappa shape index (κ2) is 12.5. The summed E-state index contributed by atoms with van der Waals surface area (Å²) in [5, 5.41) is 3.72. The zero-order valence-electron chi connectivity index (χ0n) is 21.5.